The van der Waals surface area contributed by atoms with Crippen LogP contribution in [0.3, 0.4) is 0 Å². The van der Waals surface area contributed by atoms with Crippen molar-refractivity contribution in [3.63, 3.8) is 0 Å². The number of carbonyl (C=O) groups excluding carboxylic acids is 3. The molecule has 0 fully saturated rings. The van der Waals surface area contributed by atoms with Crippen molar-refractivity contribution in [2.75, 3.05) is 30.9 Å². The van der Waals surface area contributed by atoms with E-state index in [1.165, 1.54) is 6.92 Å². The fourth-order valence-electron chi connectivity index (χ4n) is 2.70. The maximum Gasteiger partial charge on any atom is 0.338 e. The fourth-order valence-corrected chi connectivity index (χ4v) is 2.70. The van der Waals surface area contributed by atoms with Crippen molar-refractivity contribution < 1.29 is 19.1 Å². The molecule has 7 heteroatoms. The van der Waals surface area contributed by atoms with Gasteiger partial charge in [-0.2, -0.15) is 0 Å². The van der Waals surface area contributed by atoms with Gasteiger partial charge in [-0.3, -0.25) is 9.59 Å². The summed E-state index contributed by atoms with van der Waals surface area (Å²) < 4.78 is 5.22. The first kappa shape index (κ1) is 21.9. The molecule has 0 spiro atoms. The molecule has 0 aliphatic heterocycles. The molecule has 0 radical (unpaired) electrons. The van der Waals surface area contributed by atoms with E-state index >= 15 is 0 Å². The summed E-state index contributed by atoms with van der Waals surface area (Å²) in [6, 6.07) is 12.6. The van der Waals surface area contributed by atoms with Crippen molar-refractivity contribution in [1.82, 2.24) is 5.32 Å². The summed E-state index contributed by atoms with van der Waals surface area (Å²) in [4.78, 5) is 38.5. The van der Waals surface area contributed by atoms with Gasteiger partial charge in [-0.1, -0.05) is 24.3 Å². The van der Waals surface area contributed by atoms with Gasteiger partial charge < -0.3 is 20.3 Å². The van der Waals surface area contributed by atoms with E-state index in [2.05, 4.69) is 10.6 Å². The number of hydrogen-bond acceptors (Lipinski definition) is 5. The van der Waals surface area contributed by atoms with Gasteiger partial charge in [0.25, 0.3) is 5.91 Å². The second-order valence-electron chi connectivity index (χ2n) is 7.03. The van der Waals surface area contributed by atoms with Crippen LogP contribution < -0.4 is 15.5 Å². The van der Waals surface area contributed by atoms with Crippen molar-refractivity contribution in [1.29, 1.82) is 0 Å². The molecule has 1 atom stereocenters. The Morgan fingerprint density at radius 1 is 1.03 bits per heavy atom. The average Bonchev–Trinajstić information content (AvgIpc) is 2.69. The van der Waals surface area contributed by atoms with E-state index in [1.54, 1.807) is 18.2 Å². The number of nitrogens with zero attached hydrogens (tertiary/aromatic N) is 1. The number of para-hydroxylation sites is 1. The number of aryl methyl sites for hydroxylation is 2. The summed E-state index contributed by atoms with van der Waals surface area (Å²) in [6.07, 6.45) is -1.03. The second-order valence-corrected chi connectivity index (χ2v) is 7.03. The Morgan fingerprint density at radius 3 is 2.28 bits per heavy atom. The number of nitrogens with one attached hydrogen (secondary N) is 2. The first-order valence-corrected chi connectivity index (χ1v) is 9.31. The number of hydrogen-bond donors (Lipinski definition) is 2. The molecule has 0 aliphatic carbocycles. The monoisotopic (exact) mass is 397 g/mol. The summed E-state index contributed by atoms with van der Waals surface area (Å²) >= 11 is 0. The van der Waals surface area contributed by atoms with Crippen molar-refractivity contribution in [2.24, 2.45) is 0 Å². The van der Waals surface area contributed by atoms with Crippen molar-refractivity contribution in [3.05, 3.63) is 59.2 Å². The van der Waals surface area contributed by atoms with Gasteiger partial charge in [-0.15, -0.1) is 0 Å². The predicted molar refractivity (Wildman–Crippen MR) is 113 cm³/mol. The number of carbonyl (C=O) groups is 3. The summed E-state index contributed by atoms with van der Waals surface area (Å²) in [5, 5.41) is 5.28. The van der Waals surface area contributed by atoms with Crippen LogP contribution in [0.15, 0.2) is 42.5 Å². The van der Waals surface area contributed by atoms with E-state index in [0.717, 1.165) is 22.5 Å². The van der Waals surface area contributed by atoms with Gasteiger partial charge in [0.1, 0.15) is 0 Å². The highest BCUT2D eigenvalue weighted by atomic mass is 16.5. The third-order valence-electron chi connectivity index (χ3n) is 4.42. The van der Waals surface area contributed by atoms with E-state index in [0.29, 0.717) is 5.56 Å². The Labute approximate surface area is 171 Å². The topological polar surface area (TPSA) is 87.7 Å². The lowest BCUT2D eigenvalue weighted by atomic mass is 10.1. The van der Waals surface area contributed by atoms with Crippen molar-refractivity contribution >= 4 is 29.2 Å². The minimum Gasteiger partial charge on any atom is -0.449 e. The molecule has 1 unspecified atom stereocenters. The Morgan fingerprint density at radius 2 is 1.66 bits per heavy atom. The van der Waals surface area contributed by atoms with Crippen molar-refractivity contribution in [2.45, 2.75) is 26.9 Å². The summed E-state index contributed by atoms with van der Waals surface area (Å²) in [6.45, 7) is 5.04. The van der Waals surface area contributed by atoms with Crippen LogP contribution in [0.25, 0.3) is 0 Å². The fraction of sp³-hybridized carbons (Fsp3) is 0.318. The maximum absolute atomic E-state index is 12.3. The van der Waals surface area contributed by atoms with Crippen LogP contribution in [0.2, 0.25) is 0 Å². The third kappa shape index (κ3) is 6.07. The van der Waals surface area contributed by atoms with Crippen LogP contribution in [-0.4, -0.2) is 44.5 Å². The Hall–Kier alpha value is -3.35. The minimum atomic E-state index is -1.03. The minimum absolute atomic E-state index is 0.218. The van der Waals surface area contributed by atoms with E-state index in [9.17, 15) is 14.4 Å². The van der Waals surface area contributed by atoms with E-state index < -0.39 is 18.0 Å². The van der Waals surface area contributed by atoms with Gasteiger partial charge in [0.2, 0.25) is 5.91 Å². The van der Waals surface area contributed by atoms with Gasteiger partial charge in [0.15, 0.2) is 6.10 Å². The number of ether oxygens (including phenoxy) is 1. The molecule has 0 saturated carbocycles. The van der Waals surface area contributed by atoms with Crippen LogP contribution in [0.1, 0.15) is 28.4 Å². The summed E-state index contributed by atoms with van der Waals surface area (Å²) in [5.74, 6) is -1.50. The number of anilines is 2. The molecule has 2 aromatic rings. The highest BCUT2D eigenvalue weighted by Crippen LogP contribution is 2.19. The molecular formula is C22H27N3O4. The molecular weight excluding hydrogens is 370 g/mol. The SMILES string of the molecule is Cc1cccc(C)c1NC(=O)CNC(=O)C(C)OC(=O)c1cccc(N(C)C)c1. The average molecular weight is 397 g/mol. The molecule has 2 aromatic carbocycles. The molecule has 0 aromatic heterocycles. The zero-order valence-electron chi connectivity index (χ0n) is 17.4. The van der Waals surface area contributed by atoms with Crippen molar-refractivity contribution in [3.8, 4) is 0 Å². The molecule has 154 valence electrons. The molecule has 0 saturated heterocycles. The predicted octanol–water partition coefficient (Wildman–Crippen LogP) is 2.67. The largest absolute Gasteiger partial charge is 0.449 e. The first-order chi connectivity index (χ1) is 13.7. The molecule has 0 aliphatic rings. The van der Waals surface area contributed by atoms with Gasteiger partial charge in [0, 0.05) is 25.5 Å². The lowest BCUT2D eigenvalue weighted by molar-refractivity contribution is -0.130. The zero-order chi connectivity index (χ0) is 21.6. The Kier molecular flexibility index (Phi) is 7.36. The van der Waals surface area contributed by atoms with E-state index in [1.807, 2.05) is 57.1 Å². The molecule has 7 nitrogen and oxygen atoms in total. The van der Waals surface area contributed by atoms with E-state index in [4.69, 9.17) is 4.74 Å². The maximum atomic E-state index is 12.3. The van der Waals surface area contributed by atoms with Crippen LogP contribution in [0.4, 0.5) is 11.4 Å². The highest BCUT2D eigenvalue weighted by molar-refractivity contribution is 5.97. The smallest absolute Gasteiger partial charge is 0.338 e. The zero-order valence-corrected chi connectivity index (χ0v) is 17.4. The molecule has 29 heavy (non-hydrogen) atoms. The third-order valence-corrected chi connectivity index (χ3v) is 4.42. The van der Waals surface area contributed by atoms with Crippen LogP contribution in [-0.2, 0) is 14.3 Å². The normalized spacial score (nSPS) is 11.3. The Balaban J connectivity index is 1.88. The van der Waals surface area contributed by atoms with Gasteiger partial charge >= 0.3 is 5.97 Å². The molecule has 2 N–H and O–H groups in total. The number of amides is 2. The Bertz CT molecular complexity index is 888. The van der Waals surface area contributed by atoms with Gasteiger partial charge in [0.05, 0.1) is 12.1 Å². The molecule has 0 bridgehead atoms. The lowest BCUT2D eigenvalue weighted by Crippen LogP contribution is -2.40. The molecule has 2 rings (SSSR count). The second kappa shape index (κ2) is 9.73. The van der Waals surface area contributed by atoms with Gasteiger partial charge in [-0.25, -0.2) is 4.79 Å². The standard InChI is InChI=1S/C22H27N3O4/c1-14-8-6-9-15(2)20(14)24-19(26)13-23-21(27)16(3)29-22(28)17-10-7-11-18(12-17)25(4)5/h6-12,16H,13H2,1-5H3,(H,23,27)(H,24,26). The number of benzene rings is 2. The first-order valence-electron chi connectivity index (χ1n) is 9.31. The molecule has 0 heterocycles. The summed E-state index contributed by atoms with van der Waals surface area (Å²) in [5.41, 5.74) is 3.80. The van der Waals surface area contributed by atoms with Gasteiger partial charge in [-0.05, 0) is 50.1 Å². The molecule has 2 amide bonds. The highest BCUT2D eigenvalue weighted by Gasteiger charge is 2.20. The quantitative estimate of drug-likeness (QED) is 0.702. The van der Waals surface area contributed by atoms with Crippen LogP contribution >= 0.6 is 0 Å². The lowest BCUT2D eigenvalue weighted by Gasteiger charge is -2.16. The van der Waals surface area contributed by atoms with E-state index in [-0.39, 0.29) is 12.5 Å². The van der Waals surface area contributed by atoms with Crippen LogP contribution in [0, 0.1) is 13.8 Å². The number of rotatable bonds is 7. The van der Waals surface area contributed by atoms with Crippen LogP contribution in [0.5, 0.6) is 0 Å². The number of esters is 1. The summed E-state index contributed by atoms with van der Waals surface area (Å²) in [7, 11) is 3.73.